The van der Waals surface area contributed by atoms with Crippen LogP contribution >= 0.6 is 22.6 Å². The van der Waals surface area contributed by atoms with Crippen LogP contribution in [0.4, 0.5) is 17.6 Å². The maximum absolute atomic E-state index is 12.5. The van der Waals surface area contributed by atoms with E-state index in [0.29, 0.717) is 0 Å². The lowest BCUT2D eigenvalue weighted by Gasteiger charge is -2.11. The molecule has 9 heteroatoms. The van der Waals surface area contributed by atoms with Crippen molar-refractivity contribution in [3.05, 3.63) is 20.9 Å². The molecule has 0 saturated carbocycles. The van der Waals surface area contributed by atoms with Gasteiger partial charge in [0.2, 0.25) is 5.88 Å². The van der Waals surface area contributed by atoms with Crippen LogP contribution in [0.2, 0.25) is 0 Å². The number of rotatable bonds is 3. The van der Waals surface area contributed by atoms with E-state index in [1.54, 1.807) is 0 Å². The van der Waals surface area contributed by atoms with Crippen molar-refractivity contribution in [3.63, 3.8) is 0 Å². The van der Waals surface area contributed by atoms with E-state index in [1.165, 1.54) is 22.6 Å². The maximum atomic E-state index is 12.5. The molecule has 0 radical (unpaired) electrons. The van der Waals surface area contributed by atoms with Crippen LogP contribution in [-0.2, 0) is 6.67 Å². The van der Waals surface area contributed by atoms with Crippen molar-refractivity contribution in [1.82, 2.24) is 4.98 Å². The topological polar surface area (TPSA) is 59.4 Å². The number of aromatic carboxylic acids is 1. The van der Waals surface area contributed by atoms with Crippen molar-refractivity contribution in [3.8, 4) is 5.88 Å². The molecule has 0 fully saturated rings. The van der Waals surface area contributed by atoms with Gasteiger partial charge in [0, 0.05) is 15.2 Å². The van der Waals surface area contributed by atoms with E-state index < -0.39 is 30.6 Å². The molecule has 0 atom stereocenters. The Morgan fingerprint density at radius 1 is 1.53 bits per heavy atom. The first kappa shape index (κ1) is 13.9. The van der Waals surface area contributed by atoms with E-state index in [2.05, 4.69) is 9.72 Å². The third-order valence-electron chi connectivity index (χ3n) is 1.60. The van der Waals surface area contributed by atoms with Crippen LogP contribution in [-0.4, -0.2) is 22.4 Å². The molecule has 1 aromatic heterocycles. The van der Waals surface area contributed by atoms with Gasteiger partial charge in [0.1, 0.15) is 6.67 Å². The number of aromatic nitrogens is 1. The largest absolute Gasteiger partial charge is 0.574 e. The Balaban J connectivity index is 3.25. The van der Waals surface area contributed by atoms with Crippen LogP contribution in [0, 0.1) is 3.57 Å². The average molecular weight is 365 g/mol. The predicted molar refractivity (Wildman–Crippen MR) is 55.4 cm³/mol. The average Bonchev–Trinajstić information content (AvgIpc) is 2.13. The van der Waals surface area contributed by atoms with E-state index >= 15 is 0 Å². The summed E-state index contributed by atoms with van der Waals surface area (Å²) in [5.74, 6) is -2.56. The van der Waals surface area contributed by atoms with Gasteiger partial charge >= 0.3 is 12.3 Å². The second-order valence-electron chi connectivity index (χ2n) is 2.76. The highest BCUT2D eigenvalue weighted by molar-refractivity contribution is 14.1. The van der Waals surface area contributed by atoms with Gasteiger partial charge in [0.25, 0.3) is 0 Å². The summed E-state index contributed by atoms with van der Waals surface area (Å²) in [5.41, 5.74) is -1.08. The number of hydrogen-bond donors (Lipinski definition) is 1. The minimum atomic E-state index is -4.98. The van der Waals surface area contributed by atoms with E-state index in [9.17, 15) is 22.4 Å². The summed E-state index contributed by atoms with van der Waals surface area (Å²) in [6.07, 6.45) is -4.98. The molecule has 0 aliphatic carbocycles. The summed E-state index contributed by atoms with van der Waals surface area (Å²) >= 11 is 1.51. The third kappa shape index (κ3) is 3.68. The fourth-order valence-corrected chi connectivity index (χ4v) is 1.66. The van der Waals surface area contributed by atoms with Crippen molar-refractivity contribution >= 4 is 28.6 Å². The van der Waals surface area contributed by atoms with Crippen LogP contribution in [0.5, 0.6) is 5.88 Å². The van der Waals surface area contributed by atoms with E-state index in [4.69, 9.17) is 5.11 Å². The number of carboxylic acid groups (broad SMARTS) is 1. The molecule has 94 valence electrons. The highest BCUT2D eigenvalue weighted by Crippen LogP contribution is 2.26. The smallest absolute Gasteiger partial charge is 0.476 e. The van der Waals surface area contributed by atoms with Gasteiger partial charge in [-0.2, -0.15) is 0 Å². The van der Waals surface area contributed by atoms with E-state index in [0.717, 1.165) is 6.07 Å². The Morgan fingerprint density at radius 3 is 2.53 bits per heavy atom. The van der Waals surface area contributed by atoms with Crippen molar-refractivity contribution in [2.45, 2.75) is 13.0 Å². The molecular weight excluding hydrogens is 361 g/mol. The summed E-state index contributed by atoms with van der Waals surface area (Å²) in [5, 5.41) is 8.67. The summed E-state index contributed by atoms with van der Waals surface area (Å²) in [7, 11) is 0. The zero-order chi connectivity index (χ0) is 13.2. The lowest BCUT2D eigenvalue weighted by molar-refractivity contribution is -0.276. The van der Waals surface area contributed by atoms with E-state index in [1.807, 2.05) is 0 Å². The molecule has 0 saturated heterocycles. The van der Waals surface area contributed by atoms with Crippen molar-refractivity contribution in [2.75, 3.05) is 0 Å². The molecule has 1 heterocycles. The molecule has 0 unspecified atom stereocenters. The quantitative estimate of drug-likeness (QED) is 0.661. The molecule has 1 aromatic rings. The van der Waals surface area contributed by atoms with Gasteiger partial charge in [-0.1, -0.05) is 0 Å². The molecule has 1 N–H and O–H groups in total. The van der Waals surface area contributed by atoms with Gasteiger partial charge in [-0.15, -0.1) is 13.2 Å². The summed E-state index contributed by atoms with van der Waals surface area (Å²) in [6, 6.07) is 0.815. The Labute approximate surface area is 106 Å². The number of halogens is 5. The molecule has 0 spiro atoms. The fourth-order valence-electron chi connectivity index (χ4n) is 0.993. The number of alkyl halides is 4. The van der Waals surface area contributed by atoms with Gasteiger partial charge in [-0.3, -0.25) is 0 Å². The number of nitrogens with zero attached hydrogens (tertiary/aromatic N) is 1. The molecule has 0 bridgehead atoms. The van der Waals surface area contributed by atoms with Gasteiger partial charge in [-0.05, 0) is 22.6 Å². The lowest BCUT2D eigenvalue weighted by atomic mass is 10.2. The first-order valence-electron chi connectivity index (χ1n) is 3.99. The SMILES string of the molecule is O=C(O)c1nc(OC(F)(F)F)cc(I)c1CF. The second kappa shape index (κ2) is 5.02. The van der Waals surface area contributed by atoms with Gasteiger partial charge in [0.15, 0.2) is 5.69 Å². The van der Waals surface area contributed by atoms with Crippen molar-refractivity contribution in [2.24, 2.45) is 0 Å². The van der Waals surface area contributed by atoms with Crippen LogP contribution in [0.15, 0.2) is 6.07 Å². The standard InChI is InChI=1S/C8H4F4INO3/c9-2-3-4(13)1-5(17-8(10,11)12)14-6(3)7(15)16/h1H,2H2,(H,15,16). The van der Waals surface area contributed by atoms with Gasteiger partial charge in [-0.25, -0.2) is 14.2 Å². The highest BCUT2D eigenvalue weighted by atomic mass is 127. The highest BCUT2D eigenvalue weighted by Gasteiger charge is 2.32. The van der Waals surface area contributed by atoms with Gasteiger partial charge in [0.05, 0.1) is 0 Å². The maximum Gasteiger partial charge on any atom is 0.574 e. The third-order valence-corrected chi connectivity index (χ3v) is 2.57. The zero-order valence-electron chi connectivity index (χ0n) is 7.89. The molecule has 0 amide bonds. The lowest BCUT2D eigenvalue weighted by Crippen LogP contribution is -2.19. The molecular formula is C8H4F4INO3. The van der Waals surface area contributed by atoms with Gasteiger partial charge < -0.3 is 9.84 Å². The number of carboxylic acids is 1. The number of hydrogen-bond acceptors (Lipinski definition) is 3. The first-order chi connectivity index (χ1) is 7.74. The normalized spacial score (nSPS) is 11.4. The predicted octanol–water partition coefficient (Wildman–Crippen LogP) is 2.75. The molecule has 0 aliphatic rings. The summed E-state index contributed by atoms with van der Waals surface area (Å²) in [6.45, 7) is -1.14. The fraction of sp³-hybridized carbons (Fsp3) is 0.250. The zero-order valence-corrected chi connectivity index (χ0v) is 10.0. The molecule has 4 nitrogen and oxygen atoms in total. The molecule has 0 aliphatic heterocycles. The summed E-state index contributed by atoms with van der Waals surface area (Å²) in [4.78, 5) is 13.8. The van der Waals surface area contributed by atoms with Crippen LogP contribution in [0.3, 0.4) is 0 Å². The molecule has 17 heavy (non-hydrogen) atoms. The minimum Gasteiger partial charge on any atom is -0.476 e. The molecule has 0 aromatic carbocycles. The Bertz CT molecular complexity index is 449. The first-order valence-corrected chi connectivity index (χ1v) is 5.07. The van der Waals surface area contributed by atoms with Crippen LogP contribution < -0.4 is 4.74 Å². The van der Waals surface area contributed by atoms with Crippen molar-refractivity contribution < 1.29 is 32.2 Å². The van der Waals surface area contributed by atoms with Crippen molar-refractivity contribution in [1.29, 1.82) is 0 Å². The monoisotopic (exact) mass is 365 g/mol. The summed E-state index contributed by atoms with van der Waals surface area (Å²) < 4.78 is 51.7. The number of pyridine rings is 1. The Hall–Kier alpha value is -1.13. The second-order valence-corrected chi connectivity index (χ2v) is 3.92. The number of carbonyl (C=O) groups is 1. The van der Waals surface area contributed by atoms with Crippen LogP contribution in [0.25, 0.3) is 0 Å². The van der Waals surface area contributed by atoms with E-state index in [-0.39, 0.29) is 9.13 Å². The molecule has 1 rings (SSSR count). The minimum absolute atomic E-state index is 0.00301. The Morgan fingerprint density at radius 2 is 2.12 bits per heavy atom. The number of ether oxygens (including phenoxy) is 1. The van der Waals surface area contributed by atoms with Crippen LogP contribution in [0.1, 0.15) is 16.1 Å². The Kier molecular flexibility index (Phi) is 4.11.